The van der Waals surface area contributed by atoms with Crippen molar-refractivity contribution >= 4 is 45.9 Å². The minimum absolute atomic E-state index is 0.0762. The van der Waals surface area contributed by atoms with Crippen molar-refractivity contribution < 1.29 is 24.2 Å². The summed E-state index contributed by atoms with van der Waals surface area (Å²) < 4.78 is 8.83. The summed E-state index contributed by atoms with van der Waals surface area (Å²) >= 11 is 0. The monoisotopic (exact) mass is 811 g/mol. The number of piperidine rings is 2. The highest BCUT2D eigenvalue weighted by molar-refractivity contribution is 6.09. The van der Waals surface area contributed by atoms with Crippen molar-refractivity contribution in [1.29, 1.82) is 0 Å². The third-order valence-corrected chi connectivity index (χ3v) is 12.9. The molecule has 6 heterocycles. The zero-order valence-electron chi connectivity index (χ0n) is 34.3. The van der Waals surface area contributed by atoms with Gasteiger partial charge in [0.1, 0.15) is 11.9 Å². The maximum Gasteiger partial charge on any atom is 0.328 e. The maximum absolute atomic E-state index is 13.8. The number of benzene rings is 3. The number of para-hydroxylation sites is 1. The number of ether oxygens (including phenoxy) is 1. The number of aromatic nitrogens is 3. The van der Waals surface area contributed by atoms with Gasteiger partial charge >= 0.3 is 6.03 Å². The number of phenols is 1. The highest BCUT2D eigenvalue weighted by atomic mass is 16.5. The number of likely N-dealkylation sites (tertiary alicyclic amines) is 2. The van der Waals surface area contributed by atoms with Crippen molar-refractivity contribution in [2.75, 3.05) is 67.9 Å². The number of rotatable bonds is 8. The number of nitrogens with one attached hydrogen (secondary N) is 1. The van der Waals surface area contributed by atoms with Gasteiger partial charge in [0, 0.05) is 87.5 Å². The van der Waals surface area contributed by atoms with E-state index >= 15 is 0 Å². The number of phenolic OH excluding ortho intramolecular Hbond substituents is 1. The van der Waals surface area contributed by atoms with Crippen LogP contribution in [0.1, 0.15) is 72.7 Å². The van der Waals surface area contributed by atoms with Crippen molar-refractivity contribution in [3.05, 3.63) is 95.7 Å². The van der Waals surface area contributed by atoms with Gasteiger partial charge in [-0.1, -0.05) is 24.3 Å². The van der Waals surface area contributed by atoms with Gasteiger partial charge in [-0.05, 0) is 105 Å². The van der Waals surface area contributed by atoms with Gasteiger partial charge in [0.2, 0.25) is 5.91 Å². The first-order valence-electron chi connectivity index (χ1n) is 21.2. The molecule has 14 nitrogen and oxygen atoms in total. The van der Waals surface area contributed by atoms with E-state index in [9.17, 15) is 19.5 Å². The summed E-state index contributed by atoms with van der Waals surface area (Å²) in [7, 11) is 0. The molecule has 4 N–H and O–H groups in total. The molecule has 2 atom stereocenters. The van der Waals surface area contributed by atoms with E-state index in [0.29, 0.717) is 60.7 Å². The molecule has 4 aliphatic rings. The standard InChI is InChI=1S/C46H53N9O5/c1-29-24-32(10-11-34(29)42-28-53(26-30(2)60-42)40-25-37(49-50-44(40)47)35-6-3-4-9-41(35)56)45(58)52-20-12-31(13-21-52)27-51-18-14-33(15-19-51)54-22-16-36-38(54)7-5-8-39(36)55-23-17-43(57)48-46(55)59/h3-11,16,22,24-25,30-31,33,42,56H,12-15,17-21,23,26-28H2,1-2H3,(H2,47,50)(H,48,57,59)/t30-,42+/m1/s1. The largest absolute Gasteiger partial charge is 0.507 e. The zero-order valence-corrected chi connectivity index (χ0v) is 34.3. The van der Waals surface area contributed by atoms with E-state index in [-0.39, 0.29) is 35.8 Å². The number of amides is 4. The molecule has 4 saturated heterocycles. The lowest BCUT2D eigenvalue weighted by molar-refractivity contribution is -0.120. The first-order chi connectivity index (χ1) is 29.1. The van der Waals surface area contributed by atoms with Gasteiger partial charge in [-0.3, -0.25) is 19.8 Å². The molecule has 4 amide bonds. The summed E-state index contributed by atoms with van der Waals surface area (Å²) in [5.41, 5.74) is 12.9. The van der Waals surface area contributed by atoms with Crippen molar-refractivity contribution in [3.8, 4) is 17.0 Å². The van der Waals surface area contributed by atoms with Crippen LogP contribution in [0.2, 0.25) is 0 Å². The number of urea groups is 1. The van der Waals surface area contributed by atoms with Crippen LogP contribution in [-0.4, -0.2) is 106 Å². The molecule has 0 saturated carbocycles. The van der Waals surface area contributed by atoms with Crippen LogP contribution in [0.25, 0.3) is 22.2 Å². The lowest BCUT2D eigenvalue weighted by Gasteiger charge is -2.39. The summed E-state index contributed by atoms with van der Waals surface area (Å²) in [4.78, 5) is 46.6. The number of nitrogens with zero attached hydrogens (tertiary/aromatic N) is 7. The lowest BCUT2D eigenvalue weighted by Crippen LogP contribution is -2.49. The molecule has 0 unspecified atom stereocenters. The molecule has 60 heavy (non-hydrogen) atoms. The predicted molar refractivity (Wildman–Crippen MR) is 231 cm³/mol. The molecule has 2 aromatic heterocycles. The Hall–Kier alpha value is -5.99. The van der Waals surface area contributed by atoms with Crippen molar-refractivity contribution in [2.45, 2.75) is 64.2 Å². The molecular formula is C46H53N9O5. The second kappa shape index (κ2) is 16.6. The lowest BCUT2D eigenvalue weighted by atomic mass is 9.93. The summed E-state index contributed by atoms with van der Waals surface area (Å²) in [5, 5.41) is 22.4. The molecular weight excluding hydrogens is 759 g/mol. The Morgan fingerprint density at radius 2 is 1.70 bits per heavy atom. The van der Waals surface area contributed by atoms with Crippen LogP contribution in [-0.2, 0) is 9.53 Å². The van der Waals surface area contributed by atoms with Gasteiger partial charge in [-0.15, -0.1) is 10.2 Å². The number of nitrogens with two attached hydrogens (primary N) is 1. The molecule has 4 aliphatic heterocycles. The third kappa shape index (κ3) is 7.88. The quantitative estimate of drug-likeness (QED) is 0.162. The van der Waals surface area contributed by atoms with Crippen LogP contribution in [0.15, 0.2) is 79.0 Å². The van der Waals surface area contributed by atoms with E-state index in [4.69, 9.17) is 10.5 Å². The molecule has 5 aromatic rings. The topological polar surface area (TPSA) is 162 Å². The zero-order chi connectivity index (χ0) is 41.5. The van der Waals surface area contributed by atoms with Crippen molar-refractivity contribution in [1.82, 2.24) is 29.9 Å². The third-order valence-electron chi connectivity index (χ3n) is 12.9. The SMILES string of the molecule is Cc1cc(C(=O)N2CCC(CN3CCC(n4ccc5c(N6CCC(=O)NC6=O)cccc54)CC3)CC2)ccc1[C@@H]1CN(c2cc(-c3ccccc3O)nnc2N)C[C@@H](C)O1. The number of morpholine rings is 1. The number of fused-ring (bicyclic) bond motifs is 1. The van der Waals surface area contributed by atoms with E-state index in [2.05, 4.69) is 48.2 Å². The Bertz CT molecular complexity index is 2420. The highest BCUT2D eigenvalue weighted by Gasteiger charge is 2.32. The van der Waals surface area contributed by atoms with Crippen LogP contribution in [0, 0.1) is 12.8 Å². The van der Waals surface area contributed by atoms with E-state index in [1.807, 2.05) is 61.2 Å². The Balaban J connectivity index is 0.778. The number of nitrogen functional groups attached to an aromatic ring is 1. The van der Waals surface area contributed by atoms with Crippen LogP contribution < -0.4 is 20.9 Å². The first kappa shape index (κ1) is 39.5. The molecule has 0 bridgehead atoms. The number of imide groups is 1. The van der Waals surface area contributed by atoms with Crippen molar-refractivity contribution in [3.63, 3.8) is 0 Å². The number of anilines is 3. The van der Waals surface area contributed by atoms with Gasteiger partial charge in [0.15, 0.2) is 5.82 Å². The fraction of sp³-hybridized carbons (Fsp3) is 0.413. The van der Waals surface area contributed by atoms with Crippen LogP contribution >= 0.6 is 0 Å². The fourth-order valence-electron chi connectivity index (χ4n) is 9.72. The minimum atomic E-state index is -0.359. The number of hydrogen-bond acceptors (Lipinski definition) is 10. The molecule has 312 valence electrons. The molecule has 4 fully saturated rings. The molecule has 0 aliphatic carbocycles. The average molecular weight is 812 g/mol. The molecule has 3 aromatic carbocycles. The van der Waals surface area contributed by atoms with Crippen molar-refractivity contribution in [2.24, 2.45) is 5.92 Å². The summed E-state index contributed by atoms with van der Waals surface area (Å²) in [5.74, 6) is 0.851. The smallest absolute Gasteiger partial charge is 0.328 e. The minimum Gasteiger partial charge on any atom is -0.507 e. The fourth-order valence-corrected chi connectivity index (χ4v) is 9.72. The number of carbonyl (C=O) groups is 3. The van der Waals surface area contributed by atoms with Crippen LogP contribution in [0.4, 0.5) is 22.0 Å². The number of hydrogen-bond donors (Lipinski definition) is 3. The van der Waals surface area contributed by atoms with Crippen LogP contribution in [0.5, 0.6) is 5.75 Å². The predicted octanol–water partition coefficient (Wildman–Crippen LogP) is 6.30. The number of carbonyl (C=O) groups excluding carboxylic acids is 3. The van der Waals surface area contributed by atoms with E-state index < -0.39 is 0 Å². The van der Waals surface area contributed by atoms with Gasteiger partial charge in [-0.25, -0.2) is 4.79 Å². The molecule has 9 rings (SSSR count). The number of aromatic hydroxyl groups is 1. The van der Waals surface area contributed by atoms with E-state index in [0.717, 1.165) is 91.8 Å². The molecule has 14 heteroatoms. The van der Waals surface area contributed by atoms with Crippen LogP contribution in [0.3, 0.4) is 0 Å². The van der Waals surface area contributed by atoms with Gasteiger partial charge in [-0.2, -0.15) is 0 Å². The van der Waals surface area contributed by atoms with Gasteiger partial charge in [0.05, 0.1) is 28.7 Å². The maximum atomic E-state index is 13.8. The Kier molecular flexibility index (Phi) is 10.9. The van der Waals surface area contributed by atoms with E-state index in [1.165, 1.54) is 0 Å². The van der Waals surface area contributed by atoms with Gasteiger partial charge in [0.25, 0.3) is 5.91 Å². The van der Waals surface area contributed by atoms with E-state index in [1.54, 1.807) is 23.1 Å². The Morgan fingerprint density at radius 3 is 2.47 bits per heavy atom. The normalized spacial score (nSPS) is 21.1. The highest BCUT2D eigenvalue weighted by Crippen LogP contribution is 2.37. The first-order valence-corrected chi connectivity index (χ1v) is 21.2. The second-order valence-corrected chi connectivity index (χ2v) is 16.9. The Labute approximate surface area is 349 Å². The second-order valence-electron chi connectivity index (χ2n) is 16.9. The number of aryl methyl sites for hydroxylation is 1. The summed E-state index contributed by atoms with van der Waals surface area (Å²) in [6.45, 7) is 10.3. The van der Waals surface area contributed by atoms with Gasteiger partial charge < -0.3 is 34.8 Å². The molecule has 0 radical (unpaired) electrons. The summed E-state index contributed by atoms with van der Waals surface area (Å²) in [6.07, 6.45) is 6.22. The average Bonchev–Trinajstić information content (AvgIpc) is 3.69. The Morgan fingerprint density at radius 1 is 0.900 bits per heavy atom. The molecule has 0 spiro atoms. The summed E-state index contributed by atoms with van der Waals surface area (Å²) in [6, 6.07) is 23.1.